The Balaban J connectivity index is 1.68. The number of nitrogens with two attached hydrogens (primary N) is 1. The van der Waals surface area contributed by atoms with Crippen LogP contribution in [0.3, 0.4) is 0 Å². The van der Waals surface area contributed by atoms with Crippen LogP contribution < -0.4 is 10.6 Å². The van der Waals surface area contributed by atoms with Crippen LogP contribution >= 0.6 is 0 Å². The summed E-state index contributed by atoms with van der Waals surface area (Å²) in [7, 11) is 0. The average Bonchev–Trinajstić information content (AvgIpc) is 2.98. The molecule has 21 heavy (non-hydrogen) atoms. The second-order valence-electron chi connectivity index (χ2n) is 6.80. The van der Waals surface area contributed by atoms with Crippen LogP contribution in [0.1, 0.15) is 38.2 Å². The molecule has 0 aliphatic carbocycles. The maximum absolute atomic E-state index is 6.01. The van der Waals surface area contributed by atoms with Crippen molar-refractivity contribution in [3.8, 4) is 0 Å². The number of benzene rings is 1. The summed E-state index contributed by atoms with van der Waals surface area (Å²) in [5.74, 6) is 0. The first-order valence-corrected chi connectivity index (χ1v) is 8.56. The van der Waals surface area contributed by atoms with E-state index in [2.05, 4.69) is 41.0 Å². The van der Waals surface area contributed by atoms with Crippen molar-refractivity contribution >= 4 is 5.69 Å². The lowest BCUT2D eigenvalue weighted by molar-refractivity contribution is 0.175. The van der Waals surface area contributed by atoms with Crippen LogP contribution in [0.4, 0.5) is 5.69 Å². The molecule has 116 valence electrons. The highest BCUT2D eigenvalue weighted by Crippen LogP contribution is 2.28. The van der Waals surface area contributed by atoms with E-state index in [0.717, 1.165) is 12.5 Å². The Morgan fingerprint density at radius 2 is 1.90 bits per heavy atom. The summed E-state index contributed by atoms with van der Waals surface area (Å²) in [5, 5.41) is 0. The molecule has 2 aliphatic heterocycles. The van der Waals surface area contributed by atoms with Crippen molar-refractivity contribution in [2.75, 3.05) is 31.1 Å². The third-order valence-electron chi connectivity index (χ3n) is 4.94. The van der Waals surface area contributed by atoms with E-state index < -0.39 is 0 Å². The van der Waals surface area contributed by atoms with Crippen LogP contribution in [0.2, 0.25) is 0 Å². The molecule has 2 aliphatic rings. The van der Waals surface area contributed by atoms with E-state index in [1.807, 2.05) is 0 Å². The smallest absolute Gasteiger partial charge is 0.0399 e. The largest absolute Gasteiger partial charge is 0.370 e. The van der Waals surface area contributed by atoms with Gasteiger partial charge in [-0.05, 0) is 57.3 Å². The van der Waals surface area contributed by atoms with Crippen molar-refractivity contribution in [3.63, 3.8) is 0 Å². The van der Waals surface area contributed by atoms with Crippen molar-refractivity contribution in [2.45, 2.75) is 51.1 Å². The molecule has 1 aromatic carbocycles. The van der Waals surface area contributed by atoms with Gasteiger partial charge in [-0.1, -0.05) is 24.6 Å². The third-order valence-corrected chi connectivity index (χ3v) is 4.94. The average molecular weight is 287 g/mol. The van der Waals surface area contributed by atoms with E-state index in [-0.39, 0.29) is 6.04 Å². The number of hydrogen-bond donors (Lipinski definition) is 1. The van der Waals surface area contributed by atoms with Gasteiger partial charge in [-0.15, -0.1) is 0 Å². The van der Waals surface area contributed by atoms with Gasteiger partial charge >= 0.3 is 0 Å². The highest BCUT2D eigenvalue weighted by atomic mass is 15.3. The fourth-order valence-electron chi connectivity index (χ4n) is 3.88. The molecule has 2 unspecified atom stereocenters. The second kappa shape index (κ2) is 6.80. The summed E-state index contributed by atoms with van der Waals surface area (Å²) in [4.78, 5) is 5.30. The van der Waals surface area contributed by atoms with Gasteiger partial charge in [-0.2, -0.15) is 0 Å². The number of rotatable bonds is 4. The molecule has 2 fully saturated rings. The Kier molecular flexibility index (Phi) is 4.81. The maximum Gasteiger partial charge on any atom is 0.0399 e. The van der Waals surface area contributed by atoms with Gasteiger partial charge in [-0.25, -0.2) is 0 Å². The molecular weight excluding hydrogens is 258 g/mol. The monoisotopic (exact) mass is 287 g/mol. The van der Waals surface area contributed by atoms with Crippen LogP contribution in [0, 0.1) is 0 Å². The minimum Gasteiger partial charge on any atom is -0.370 e. The van der Waals surface area contributed by atoms with E-state index in [0.29, 0.717) is 0 Å². The molecule has 1 aromatic rings. The van der Waals surface area contributed by atoms with Crippen LogP contribution in [0.5, 0.6) is 0 Å². The number of hydrogen-bond acceptors (Lipinski definition) is 3. The lowest BCUT2D eigenvalue weighted by atomic mass is 10.0. The summed E-state index contributed by atoms with van der Waals surface area (Å²) in [6.45, 7) is 7.09. The summed E-state index contributed by atoms with van der Waals surface area (Å²) >= 11 is 0. The first-order valence-electron chi connectivity index (χ1n) is 8.56. The molecule has 0 saturated carbocycles. The second-order valence-corrected chi connectivity index (χ2v) is 6.80. The van der Waals surface area contributed by atoms with Gasteiger partial charge in [0, 0.05) is 30.9 Å². The normalized spacial score (nSPS) is 25.2. The van der Waals surface area contributed by atoms with Crippen LogP contribution in [-0.2, 0) is 6.42 Å². The van der Waals surface area contributed by atoms with E-state index >= 15 is 0 Å². The molecule has 3 rings (SSSR count). The van der Waals surface area contributed by atoms with Gasteiger partial charge in [0.15, 0.2) is 0 Å². The van der Waals surface area contributed by atoms with Crippen molar-refractivity contribution in [1.29, 1.82) is 0 Å². The zero-order valence-electron chi connectivity index (χ0n) is 13.3. The fourth-order valence-corrected chi connectivity index (χ4v) is 3.88. The molecule has 3 heteroatoms. The van der Waals surface area contributed by atoms with E-state index in [1.165, 1.54) is 63.1 Å². The zero-order valence-corrected chi connectivity index (χ0v) is 13.3. The summed E-state index contributed by atoms with van der Waals surface area (Å²) in [6, 6.07) is 9.80. The Hall–Kier alpha value is -1.06. The van der Waals surface area contributed by atoms with Crippen molar-refractivity contribution in [2.24, 2.45) is 5.73 Å². The van der Waals surface area contributed by atoms with Crippen LogP contribution in [0.25, 0.3) is 0 Å². The minimum absolute atomic E-state index is 0.228. The standard InChI is InChI=1S/C18H29N3/c1-15(19)13-16-7-3-4-8-18(16)21-12-9-17(14-21)20-10-5-2-6-11-20/h3-4,7-8,15,17H,2,5-6,9-14,19H2,1H3. The topological polar surface area (TPSA) is 32.5 Å². The summed E-state index contributed by atoms with van der Waals surface area (Å²) < 4.78 is 0. The Labute approximate surface area is 129 Å². The van der Waals surface area contributed by atoms with E-state index in [1.54, 1.807) is 0 Å². The van der Waals surface area contributed by atoms with Crippen molar-refractivity contribution in [1.82, 2.24) is 4.90 Å². The summed E-state index contributed by atoms with van der Waals surface area (Å²) in [5.41, 5.74) is 8.83. The fraction of sp³-hybridized carbons (Fsp3) is 0.667. The Bertz CT molecular complexity index is 452. The number of para-hydroxylation sites is 1. The molecular formula is C18H29N3. The quantitative estimate of drug-likeness (QED) is 0.924. The highest BCUT2D eigenvalue weighted by molar-refractivity contribution is 5.55. The maximum atomic E-state index is 6.01. The molecule has 2 N–H and O–H groups in total. The lowest BCUT2D eigenvalue weighted by Gasteiger charge is -2.32. The van der Waals surface area contributed by atoms with Gasteiger partial charge < -0.3 is 10.6 Å². The summed E-state index contributed by atoms with van der Waals surface area (Å²) in [6.07, 6.45) is 6.48. The molecule has 2 heterocycles. The first kappa shape index (κ1) is 14.9. The molecule has 2 saturated heterocycles. The Morgan fingerprint density at radius 1 is 1.14 bits per heavy atom. The zero-order chi connectivity index (χ0) is 14.7. The minimum atomic E-state index is 0.228. The molecule has 0 bridgehead atoms. The van der Waals surface area contributed by atoms with Crippen molar-refractivity contribution in [3.05, 3.63) is 29.8 Å². The van der Waals surface area contributed by atoms with Crippen molar-refractivity contribution < 1.29 is 0 Å². The van der Waals surface area contributed by atoms with Gasteiger partial charge in [0.1, 0.15) is 0 Å². The predicted octanol–water partition coefficient (Wildman–Crippen LogP) is 2.64. The molecule has 0 amide bonds. The van der Waals surface area contributed by atoms with Crippen LogP contribution in [0.15, 0.2) is 24.3 Å². The number of piperidine rings is 1. The number of likely N-dealkylation sites (tertiary alicyclic amines) is 1. The van der Waals surface area contributed by atoms with Gasteiger partial charge in [0.25, 0.3) is 0 Å². The van der Waals surface area contributed by atoms with Gasteiger partial charge in [0.05, 0.1) is 0 Å². The Morgan fingerprint density at radius 3 is 2.67 bits per heavy atom. The van der Waals surface area contributed by atoms with E-state index in [4.69, 9.17) is 5.73 Å². The molecule has 0 spiro atoms. The molecule has 2 atom stereocenters. The molecule has 0 radical (unpaired) electrons. The first-order chi connectivity index (χ1) is 10.2. The lowest BCUT2D eigenvalue weighted by Crippen LogP contribution is -2.41. The van der Waals surface area contributed by atoms with E-state index in [9.17, 15) is 0 Å². The molecule has 3 nitrogen and oxygen atoms in total. The van der Waals surface area contributed by atoms with Gasteiger partial charge in [0.2, 0.25) is 0 Å². The number of nitrogens with zero attached hydrogens (tertiary/aromatic N) is 2. The molecule has 0 aromatic heterocycles. The number of anilines is 1. The highest BCUT2D eigenvalue weighted by Gasteiger charge is 2.29. The third kappa shape index (κ3) is 3.58. The SMILES string of the molecule is CC(N)Cc1ccccc1N1CCC(N2CCCCC2)C1. The van der Waals surface area contributed by atoms with Crippen LogP contribution in [-0.4, -0.2) is 43.2 Å². The van der Waals surface area contributed by atoms with Gasteiger partial charge in [-0.3, -0.25) is 4.90 Å². The predicted molar refractivity (Wildman–Crippen MR) is 89.8 cm³/mol.